The van der Waals surface area contributed by atoms with Crippen molar-refractivity contribution in [2.24, 2.45) is 0 Å². The van der Waals surface area contributed by atoms with Crippen LogP contribution in [0.25, 0.3) is 5.69 Å². The first-order valence-corrected chi connectivity index (χ1v) is 7.93. The summed E-state index contributed by atoms with van der Waals surface area (Å²) < 4.78 is 7.05. The second-order valence-corrected chi connectivity index (χ2v) is 5.82. The van der Waals surface area contributed by atoms with E-state index < -0.39 is 0 Å². The number of hydrogen-bond donors (Lipinski definition) is 1. The van der Waals surface area contributed by atoms with Crippen molar-refractivity contribution in [1.29, 1.82) is 0 Å². The molecule has 2 aromatic rings. The van der Waals surface area contributed by atoms with E-state index in [1.165, 1.54) is 0 Å². The van der Waals surface area contributed by atoms with E-state index in [-0.39, 0.29) is 12.5 Å². The van der Waals surface area contributed by atoms with Crippen LogP contribution in [0.3, 0.4) is 0 Å². The minimum atomic E-state index is 0.0724. The van der Waals surface area contributed by atoms with E-state index >= 15 is 0 Å². The number of carbonyl (C=O) groups excluding carboxylic acids is 1. The van der Waals surface area contributed by atoms with Crippen LogP contribution in [0.1, 0.15) is 5.69 Å². The molecule has 3 rings (SSSR count). The summed E-state index contributed by atoms with van der Waals surface area (Å²) in [6.45, 7) is 4.73. The molecule has 122 valence electrons. The molecule has 1 N–H and O–H groups in total. The first-order chi connectivity index (χ1) is 11.1. The number of benzene rings is 1. The summed E-state index contributed by atoms with van der Waals surface area (Å²) in [4.78, 5) is 14.0. The maximum atomic E-state index is 12.2. The molecule has 0 spiro atoms. The molecule has 1 aromatic carbocycles. The van der Waals surface area contributed by atoms with Crippen LogP contribution in [0.4, 0.5) is 5.69 Å². The molecular weight excluding hydrogens is 316 g/mol. The zero-order valence-corrected chi connectivity index (χ0v) is 13.7. The Hall–Kier alpha value is -2.05. The molecule has 1 fully saturated rings. The minimum Gasteiger partial charge on any atom is -0.378 e. The summed E-state index contributed by atoms with van der Waals surface area (Å²) in [5.74, 6) is 0.0724. The van der Waals surface area contributed by atoms with Crippen LogP contribution in [0.15, 0.2) is 30.5 Å². The monoisotopic (exact) mass is 334 g/mol. The number of nitrogens with zero attached hydrogens (tertiary/aromatic N) is 3. The largest absolute Gasteiger partial charge is 0.378 e. The minimum absolute atomic E-state index is 0.0724. The van der Waals surface area contributed by atoms with Gasteiger partial charge in [0.15, 0.2) is 0 Å². The van der Waals surface area contributed by atoms with Gasteiger partial charge in [0.25, 0.3) is 0 Å². The molecule has 0 bridgehead atoms. The number of aromatic nitrogens is 2. The fraction of sp³-hybridized carbons (Fsp3) is 0.375. The third kappa shape index (κ3) is 3.65. The van der Waals surface area contributed by atoms with Crippen LogP contribution in [0.2, 0.25) is 5.02 Å². The highest BCUT2D eigenvalue weighted by atomic mass is 35.5. The van der Waals surface area contributed by atoms with Crippen LogP contribution in [-0.4, -0.2) is 53.4 Å². The molecule has 0 radical (unpaired) electrons. The Kier molecular flexibility index (Phi) is 4.83. The van der Waals surface area contributed by atoms with Gasteiger partial charge in [-0.3, -0.25) is 4.79 Å². The lowest BCUT2D eigenvalue weighted by atomic mass is 10.3. The molecule has 0 atom stereocenters. The first kappa shape index (κ1) is 15.8. The summed E-state index contributed by atoms with van der Waals surface area (Å²) in [5.41, 5.74) is 2.66. The zero-order valence-electron chi connectivity index (χ0n) is 13.0. The van der Waals surface area contributed by atoms with Gasteiger partial charge in [-0.05, 0) is 25.1 Å². The standard InChI is InChI=1S/C16H19ClN4O2/c1-12-15(18-11-16(22)20-5-7-23-8-6-20)10-19-21(12)14-4-2-3-13(17)9-14/h2-4,9-10,18H,5-8,11H2,1H3. The van der Waals surface area contributed by atoms with Gasteiger partial charge in [0.1, 0.15) is 0 Å². The number of hydrogen-bond acceptors (Lipinski definition) is 4. The van der Waals surface area contributed by atoms with E-state index in [0.717, 1.165) is 17.1 Å². The number of rotatable bonds is 4. The van der Waals surface area contributed by atoms with Gasteiger partial charge in [-0.25, -0.2) is 4.68 Å². The predicted molar refractivity (Wildman–Crippen MR) is 89.2 cm³/mol. The molecule has 0 saturated carbocycles. The van der Waals surface area contributed by atoms with E-state index in [4.69, 9.17) is 16.3 Å². The predicted octanol–water partition coefficient (Wildman–Crippen LogP) is 2.10. The fourth-order valence-electron chi connectivity index (χ4n) is 2.55. The van der Waals surface area contributed by atoms with Crippen LogP contribution >= 0.6 is 11.6 Å². The molecule has 0 unspecified atom stereocenters. The van der Waals surface area contributed by atoms with Gasteiger partial charge in [0.2, 0.25) is 5.91 Å². The Labute approximate surface area is 140 Å². The molecular formula is C16H19ClN4O2. The number of morpholine rings is 1. The van der Waals surface area contributed by atoms with Crippen LogP contribution in [-0.2, 0) is 9.53 Å². The molecule has 23 heavy (non-hydrogen) atoms. The molecule has 1 aromatic heterocycles. The summed E-state index contributed by atoms with van der Waals surface area (Å²) in [6.07, 6.45) is 1.73. The van der Waals surface area contributed by atoms with Crippen LogP contribution in [0, 0.1) is 6.92 Å². The van der Waals surface area contributed by atoms with E-state index in [2.05, 4.69) is 10.4 Å². The average molecular weight is 335 g/mol. The highest BCUT2D eigenvalue weighted by Gasteiger charge is 2.17. The van der Waals surface area contributed by atoms with Crippen LogP contribution in [0.5, 0.6) is 0 Å². The van der Waals surface area contributed by atoms with Crippen molar-refractivity contribution in [3.63, 3.8) is 0 Å². The normalized spacial score (nSPS) is 14.8. The van der Waals surface area contributed by atoms with E-state index in [1.807, 2.05) is 36.1 Å². The van der Waals surface area contributed by atoms with Crippen molar-refractivity contribution in [2.75, 3.05) is 38.2 Å². The maximum Gasteiger partial charge on any atom is 0.242 e. The molecule has 1 aliphatic heterocycles. The van der Waals surface area contributed by atoms with Gasteiger partial charge in [-0.2, -0.15) is 5.10 Å². The Morgan fingerprint density at radius 1 is 1.39 bits per heavy atom. The van der Waals surface area contributed by atoms with Gasteiger partial charge in [0, 0.05) is 18.1 Å². The molecule has 2 heterocycles. The third-order valence-corrected chi connectivity index (χ3v) is 4.09. The molecule has 1 amide bonds. The quantitative estimate of drug-likeness (QED) is 0.930. The van der Waals surface area contributed by atoms with Gasteiger partial charge in [0.05, 0.1) is 43.0 Å². The molecule has 1 saturated heterocycles. The summed E-state index contributed by atoms with van der Waals surface area (Å²) in [6, 6.07) is 7.50. The number of ether oxygens (including phenoxy) is 1. The molecule has 0 aliphatic carbocycles. The first-order valence-electron chi connectivity index (χ1n) is 7.55. The lowest BCUT2D eigenvalue weighted by Crippen LogP contribution is -2.43. The van der Waals surface area contributed by atoms with Crippen LogP contribution < -0.4 is 5.32 Å². The number of nitrogens with one attached hydrogen (secondary N) is 1. The van der Waals surface area contributed by atoms with Gasteiger partial charge < -0.3 is 15.0 Å². The van der Waals surface area contributed by atoms with E-state index in [9.17, 15) is 4.79 Å². The summed E-state index contributed by atoms with van der Waals surface area (Å²) in [5, 5.41) is 8.20. The summed E-state index contributed by atoms with van der Waals surface area (Å²) >= 11 is 6.03. The van der Waals surface area contributed by atoms with E-state index in [1.54, 1.807) is 10.9 Å². The Bertz CT molecular complexity index is 695. The Morgan fingerprint density at radius 2 is 2.17 bits per heavy atom. The van der Waals surface area contributed by atoms with Crippen molar-refractivity contribution in [3.05, 3.63) is 41.2 Å². The number of halogens is 1. The van der Waals surface area contributed by atoms with Gasteiger partial charge in [-0.15, -0.1) is 0 Å². The van der Waals surface area contributed by atoms with Crippen molar-refractivity contribution < 1.29 is 9.53 Å². The van der Waals surface area contributed by atoms with Gasteiger partial charge in [-0.1, -0.05) is 17.7 Å². The highest BCUT2D eigenvalue weighted by molar-refractivity contribution is 6.30. The third-order valence-electron chi connectivity index (χ3n) is 3.86. The molecule has 6 nitrogen and oxygen atoms in total. The number of carbonyl (C=O) groups is 1. The Morgan fingerprint density at radius 3 is 2.91 bits per heavy atom. The highest BCUT2D eigenvalue weighted by Crippen LogP contribution is 2.20. The van der Waals surface area contributed by atoms with E-state index in [0.29, 0.717) is 31.3 Å². The maximum absolute atomic E-state index is 12.2. The lowest BCUT2D eigenvalue weighted by molar-refractivity contribution is -0.133. The van der Waals surface area contributed by atoms with Crippen molar-refractivity contribution in [1.82, 2.24) is 14.7 Å². The second kappa shape index (κ2) is 7.02. The lowest BCUT2D eigenvalue weighted by Gasteiger charge is -2.27. The SMILES string of the molecule is Cc1c(NCC(=O)N2CCOCC2)cnn1-c1cccc(Cl)c1. The zero-order chi connectivity index (χ0) is 16.2. The molecule has 7 heteroatoms. The van der Waals surface area contributed by atoms with Crippen molar-refractivity contribution >= 4 is 23.2 Å². The average Bonchev–Trinajstić information content (AvgIpc) is 2.94. The van der Waals surface area contributed by atoms with Gasteiger partial charge >= 0.3 is 0 Å². The smallest absolute Gasteiger partial charge is 0.242 e. The fourth-order valence-corrected chi connectivity index (χ4v) is 2.73. The summed E-state index contributed by atoms with van der Waals surface area (Å²) in [7, 11) is 0. The van der Waals surface area contributed by atoms with Crippen molar-refractivity contribution in [2.45, 2.75) is 6.92 Å². The topological polar surface area (TPSA) is 59.4 Å². The Balaban J connectivity index is 1.66. The number of anilines is 1. The second-order valence-electron chi connectivity index (χ2n) is 5.38. The molecule has 1 aliphatic rings. The number of amides is 1. The van der Waals surface area contributed by atoms with Crippen molar-refractivity contribution in [3.8, 4) is 5.69 Å².